The number of halogens is 2. The molecule has 1 heterocycles. The number of carbonyl (C=O) groups excluding carboxylic acids is 1. The molecule has 1 aromatic heterocycles. The molecule has 0 aliphatic carbocycles. The molecular formula is C10H8BrClN2O. The van der Waals surface area contributed by atoms with Gasteiger partial charge in [-0.2, -0.15) is 0 Å². The highest BCUT2D eigenvalue weighted by Gasteiger charge is 2.10. The van der Waals surface area contributed by atoms with Crippen LogP contribution >= 0.6 is 27.5 Å². The molecule has 5 heteroatoms. The van der Waals surface area contributed by atoms with E-state index in [9.17, 15) is 4.79 Å². The van der Waals surface area contributed by atoms with Gasteiger partial charge in [-0.05, 0) is 22.0 Å². The first kappa shape index (κ1) is 12.0. The van der Waals surface area contributed by atoms with Gasteiger partial charge < -0.3 is 5.32 Å². The Balaban J connectivity index is 2.73. The number of nitrogens with zero attached hydrogens (tertiary/aromatic N) is 1. The van der Waals surface area contributed by atoms with Crippen molar-refractivity contribution in [1.82, 2.24) is 10.3 Å². The molecule has 1 aromatic rings. The first-order valence-electron chi connectivity index (χ1n) is 4.18. The molecule has 0 unspecified atom stereocenters. The van der Waals surface area contributed by atoms with Gasteiger partial charge in [0, 0.05) is 23.6 Å². The van der Waals surface area contributed by atoms with Crippen LogP contribution in [0, 0.1) is 12.3 Å². The number of nitrogens with one attached hydrogen (secondary N) is 1. The van der Waals surface area contributed by atoms with E-state index in [2.05, 4.69) is 32.2 Å². The summed E-state index contributed by atoms with van der Waals surface area (Å²) in [7, 11) is 0. The Bertz CT molecular complexity index is 414. The topological polar surface area (TPSA) is 42.0 Å². The predicted octanol–water partition coefficient (Wildman–Crippen LogP) is 2.25. The monoisotopic (exact) mass is 286 g/mol. The highest BCUT2D eigenvalue weighted by Crippen LogP contribution is 2.17. The maximum absolute atomic E-state index is 11.6. The molecule has 0 aliphatic rings. The fourth-order valence-corrected chi connectivity index (χ4v) is 1.45. The lowest BCUT2D eigenvalue weighted by atomic mass is 10.2. The summed E-state index contributed by atoms with van der Waals surface area (Å²) in [6.07, 6.45) is 7.08. The minimum atomic E-state index is -0.274. The molecule has 3 nitrogen and oxygen atoms in total. The maximum atomic E-state index is 11.6. The first-order chi connectivity index (χ1) is 7.15. The lowest BCUT2D eigenvalue weighted by molar-refractivity contribution is 0.0954. The van der Waals surface area contributed by atoms with Gasteiger partial charge in [-0.1, -0.05) is 11.6 Å². The number of terminal acetylenes is 1. The summed E-state index contributed by atoms with van der Waals surface area (Å²) >= 11 is 8.98. The van der Waals surface area contributed by atoms with Gasteiger partial charge in [0.2, 0.25) is 0 Å². The second-order valence-corrected chi connectivity index (χ2v) is 3.98. The zero-order valence-corrected chi connectivity index (χ0v) is 10.1. The van der Waals surface area contributed by atoms with Crippen LogP contribution in [0.3, 0.4) is 0 Å². The molecule has 0 saturated carbocycles. The summed E-state index contributed by atoms with van der Waals surface area (Å²) < 4.78 is 0.703. The molecule has 1 N–H and O–H groups in total. The van der Waals surface area contributed by atoms with Gasteiger partial charge in [0.25, 0.3) is 5.91 Å². The number of hydrogen-bond acceptors (Lipinski definition) is 2. The van der Waals surface area contributed by atoms with Crippen LogP contribution in [0.4, 0.5) is 0 Å². The molecular weight excluding hydrogens is 279 g/mol. The number of amides is 1. The molecule has 0 fully saturated rings. The first-order valence-corrected chi connectivity index (χ1v) is 5.35. The fraction of sp³-hybridized carbons (Fsp3) is 0.200. The van der Waals surface area contributed by atoms with Crippen molar-refractivity contribution in [3.63, 3.8) is 0 Å². The minimum absolute atomic E-state index is 0.177. The van der Waals surface area contributed by atoms with E-state index in [4.69, 9.17) is 18.0 Å². The Morgan fingerprint density at radius 2 is 2.47 bits per heavy atom. The van der Waals surface area contributed by atoms with E-state index >= 15 is 0 Å². The number of aromatic nitrogens is 1. The Morgan fingerprint density at radius 3 is 3.13 bits per heavy atom. The van der Waals surface area contributed by atoms with Crippen LogP contribution < -0.4 is 5.32 Å². The van der Waals surface area contributed by atoms with Crippen molar-refractivity contribution in [2.24, 2.45) is 0 Å². The van der Waals surface area contributed by atoms with E-state index in [0.29, 0.717) is 23.0 Å². The smallest absolute Gasteiger partial charge is 0.254 e. The second-order valence-electron chi connectivity index (χ2n) is 2.70. The van der Waals surface area contributed by atoms with E-state index in [1.54, 1.807) is 6.07 Å². The van der Waals surface area contributed by atoms with Crippen LogP contribution in [0.25, 0.3) is 0 Å². The Hall–Kier alpha value is -1.05. The van der Waals surface area contributed by atoms with Crippen LogP contribution in [0.5, 0.6) is 0 Å². The molecule has 1 rings (SSSR count). The summed E-state index contributed by atoms with van der Waals surface area (Å²) in [6, 6.07) is 1.61. The van der Waals surface area contributed by atoms with E-state index < -0.39 is 0 Å². The zero-order chi connectivity index (χ0) is 11.3. The average molecular weight is 288 g/mol. The number of rotatable bonds is 3. The van der Waals surface area contributed by atoms with Gasteiger partial charge in [-0.3, -0.25) is 4.79 Å². The summed E-state index contributed by atoms with van der Waals surface area (Å²) in [5.74, 6) is 2.15. The maximum Gasteiger partial charge on any atom is 0.254 e. The van der Waals surface area contributed by atoms with Crippen molar-refractivity contribution < 1.29 is 4.79 Å². The SMILES string of the molecule is C#CCCNC(=O)c1cc(Br)cnc1Cl. The normalized spacial score (nSPS) is 9.40. The quantitative estimate of drug-likeness (QED) is 0.526. The highest BCUT2D eigenvalue weighted by atomic mass is 79.9. The van der Waals surface area contributed by atoms with Gasteiger partial charge in [0.05, 0.1) is 5.56 Å². The standard InChI is InChI=1S/C10H8BrClN2O/c1-2-3-4-13-10(15)8-5-7(11)6-14-9(8)12/h1,5-6H,3-4H2,(H,13,15). The van der Waals surface area contributed by atoms with Gasteiger partial charge in [-0.25, -0.2) is 4.98 Å². The third kappa shape index (κ3) is 3.54. The molecule has 1 amide bonds. The second kappa shape index (κ2) is 5.74. The van der Waals surface area contributed by atoms with Crippen LogP contribution in [-0.2, 0) is 0 Å². The molecule has 0 bridgehead atoms. The molecule has 0 radical (unpaired) electrons. The van der Waals surface area contributed by atoms with E-state index in [0.717, 1.165) is 0 Å². The minimum Gasteiger partial charge on any atom is -0.351 e. The zero-order valence-electron chi connectivity index (χ0n) is 7.76. The van der Waals surface area contributed by atoms with Gasteiger partial charge in [0.1, 0.15) is 5.15 Å². The van der Waals surface area contributed by atoms with Crippen molar-refractivity contribution in [1.29, 1.82) is 0 Å². The molecule has 15 heavy (non-hydrogen) atoms. The number of hydrogen-bond donors (Lipinski definition) is 1. The predicted molar refractivity (Wildman–Crippen MR) is 62.7 cm³/mol. The summed E-state index contributed by atoms with van der Waals surface area (Å²) in [4.78, 5) is 15.4. The van der Waals surface area contributed by atoms with E-state index in [-0.39, 0.29) is 11.1 Å². The summed E-state index contributed by atoms with van der Waals surface area (Å²) in [6.45, 7) is 0.429. The van der Waals surface area contributed by atoms with Crippen molar-refractivity contribution in [3.8, 4) is 12.3 Å². The van der Waals surface area contributed by atoms with Gasteiger partial charge >= 0.3 is 0 Å². The number of pyridine rings is 1. The molecule has 0 aliphatic heterocycles. The molecule has 0 saturated heterocycles. The van der Waals surface area contributed by atoms with Crippen LogP contribution in [0.2, 0.25) is 5.15 Å². The lowest BCUT2D eigenvalue weighted by Crippen LogP contribution is -2.24. The summed E-state index contributed by atoms with van der Waals surface area (Å²) in [5.41, 5.74) is 0.336. The fourth-order valence-electron chi connectivity index (χ4n) is 0.925. The Morgan fingerprint density at radius 1 is 1.73 bits per heavy atom. The van der Waals surface area contributed by atoms with Crippen LogP contribution in [0.1, 0.15) is 16.8 Å². The average Bonchev–Trinajstić information content (AvgIpc) is 2.22. The third-order valence-corrected chi connectivity index (χ3v) is 2.34. The highest BCUT2D eigenvalue weighted by molar-refractivity contribution is 9.10. The van der Waals surface area contributed by atoms with E-state index in [1.807, 2.05) is 0 Å². The van der Waals surface area contributed by atoms with Gasteiger partial charge in [-0.15, -0.1) is 12.3 Å². The van der Waals surface area contributed by atoms with Gasteiger partial charge in [0.15, 0.2) is 0 Å². The van der Waals surface area contributed by atoms with Crippen molar-refractivity contribution in [2.45, 2.75) is 6.42 Å². The molecule has 0 atom stereocenters. The number of carbonyl (C=O) groups is 1. The lowest BCUT2D eigenvalue weighted by Gasteiger charge is -2.04. The largest absolute Gasteiger partial charge is 0.351 e. The molecule has 0 spiro atoms. The third-order valence-electron chi connectivity index (χ3n) is 1.61. The van der Waals surface area contributed by atoms with Crippen molar-refractivity contribution in [3.05, 3.63) is 27.5 Å². The van der Waals surface area contributed by atoms with Crippen LogP contribution in [-0.4, -0.2) is 17.4 Å². The van der Waals surface area contributed by atoms with Crippen molar-refractivity contribution in [2.75, 3.05) is 6.54 Å². The molecule has 0 aromatic carbocycles. The van der Waals surface area contributed by atoms with Crippen LogP contribution in [0.15, 0.2) is 16.7 Å². The molecule has 78 valence electrons. The van der Waals surface area contributed by atoms with Crippen molar-refractivity contribution >= 4 is 33.4 Å². The Labute approximate surface area is 101 Å². The Kier molecular flexibility index (Phi) is 4.60. The van der Waals surface area contributed by atoms with E-state index in [1.165, 1.54) is 6.20 Å². The summed E-state index contributed by atoms with van der Waals surface area (Å²) in [5, 5.41) is 2.82.